The molecule has 1 aromatic rings. The number of carbonyl (C=O) groups excluding carboxylic acids is 1. The Bertz CT molecular complexity index is 293. The van der Waals surface area contributed by atoms with Gasteiger partial charge in [-0.25, -0.2) is 0 Å². The van der Waals surface area contributed by atoms with E-state index in [-0.39, 0.29) is 11.8 Å². The van der Waals surface area contributed by atoms with Gasteiger partial charge in [0.15, 0.2) is 5.82 Å². The van der Waals surface area contributed by atoms with Gasteiger partial charge in [-0.15, -0.1) is 10.2 Å². The van der Waals surface area contributed by atoms with E-state index in [2.05, 4.69) is 25.9 Å². The van der Waals surface area contributed by atoms with E-state index in [1.54, 1.807) is 0 Å². The molecule has 1 heterocycles. The minimum atomic E-state index is 0.166. The maximum atomic E-state index is 11.4. The van der Waals surface area contributed by atoms with Gasteiger partial charge in [-0.2, -0.15) is 5.21 Å². The van der Waals surface area contributed by atoms with Crippen molar-refractivity contribution in [3.8, 4) is 0 Å². The van der Waals surface area contributed by atoms with Gasteiger partial charge >= 0.3 is 0 Å². The van der Waals surface area contributed by atoms with Gasteiger partial charge in [0, 0.05) is 18.9 Å². The zero-order valence-corrected chi connectivity index (χ0v) is 7.86. The Morgan fingerprint density at radius 2 is 2.43 bits per heavy atom. The maximum Gasteiger partial charge on any atom is 0.223 e. The van der Waals surface area contributed by atoms with Crippen LogP contribution in [0, 0.1) is 5.92 Å². The second-order valence-corrected chi connectivity index (χ2v) is 3.50. The molecule has 0 aromatic carbocycles. The van der Waals surface area contributed by atoms with Crippen LogP contribution in [-0.4, -0.2) is 33.1 Å². The van der Waals surface area contributed by atoms with Gasteiger partial charge in [0.2, 0.25) is 5.91 Å². The molecule has 0 radical (unpaired) electrons. The standard InChI is InChI=1S/C8H13N5O/c14-8(6-2-1-3-6)9-5-4-7-10-12-13-11-7/h6H,1-5H2,(H,9,14)(H,10,11,12,13). The number of carbonyl (C=O) groups is 1. The molecule has 1 fully saturated rings. The SMILES string of the molecule is O=C(NCCc1nn[nH]n1)C1CCC1. The van der Waals surface area contributed by atoms with Crippen LogP contribution in [0.4, 0.5) is 0 Å². The van der Waals surface area contributed by atoms with Crippen LogP contribution in [-0.2, 0) is 11.2 Å². The third-order valence-electron chi connectivity index (χ3n) is 2.51. The van der Waals surface area contributed by atoms with Crippen LogP contribution in [0.1, 0.15) is 25.1 Å². The summed E-state index contributed by atoms with van der Waals surface area (Å²) >= 11 is 0. The van der Waals surface area contributed by atoms with Crippen LogP contribution in [0.15, 0.2) is 0 Å². The molecule has 76 valence electrons. The van der Waals surface area contributed by atoms with Crippen molar-refractivity contribution in [2.75, 3.05) is 6.54 Å². The average molecular weight is 195 g/mol. The number of nitrogens with one attached hydrogen (secondary N) is 2. The third kappa shape index (κ3) is 2.07. The van der Waals surface area contributed by atoms with Crippen molar-refractivity contribution in [1.29, 1.82) is 0 Å². The summed E-state index contributed by atoms with van der Waals surface area (Å²) in [6.45, 7) is 0.592. The Kier molecular flexibility index (Phi) is 2.71. The minimum absolute atomic E-state index is 0.166. The van der Waals surface area contributed by atoms with E-state index in [0.717, 1.165) is 12.8 Å². The predicted molar refractivity (Wildman–Crippen MR) is 48.2 cm³/mol. The van der Waals surface area contributed by atoms with E-state index in [4.69, 9.17) is 0 Å². The second kappa shape index (κ2) is 4.17. The highest BCUT2D eigenvalue weighted by atomic mass is 16.1. The maximum absolute atomic E-state index is 11.4. The van der Waals surface area contributed by atoms with Crippen LogP contribution >= 0.6 is 0 Å². The largest absolute Gasteiger partial charge is 0.355 e. The van der Waals surface area contributed by atoms with Crippen molar-refractivity contribution in [1.82, 2.24) is 25.9 Å². The van der Waals surface area contributed by atoms with Gasteiger partial charge in [0.25, 0.3) is 0 Å². The Morgan fingerprint density at radius 1 is 1.57 bits per heavy atom. The molecule has 0 atom stereocenters. The average Bonchev–Trinajstić information content (AvgIpc) is 2.53. The fourth-order valence-electron chi connectivity index (χ4n) is 1.40. The lowest BCUT2D eigenvalue weighted by Crippen LogP contribution is -2.35. The number of nitrogens with zero attached hydrogens (tertiary/aromatic N) is 3. The molecular formula is C8H13N5O. The van der Waals surface area contributed by atoms with Gasteiger partial charge < -0.3 is 5.32 Å². The fourth-order valence-corrected chi connectivity index (χ4v) is 1.40. The molecule has 1 aliphatic rings. The van der Waals surface area contributed by atoms with Crippen molar-refractivity contribution in [2.24, 2.45) is 5.92 Å². The van der Waals surface area contributed by atoms with Crippen LogP contribution in [0.3, 0.4) is 0 Å². The van der Waals surface area contributed by atoms with Gasteiger partial charge in [-0.1, -0.05) is 11.6 Å². The summed E-state index contributed by atoms with van der Waals surface area (Å²) in [5, 5.41) is 16.3. The van der Waals surface area contributed by atoms with Crippen molar-refractivity contribution >= 4 is 5.91 Å². The van der Waals surface area contributed by atoms with E-state index >= 15 is 0 Å². The summed E-state index contributed by atoms with van der Waals surface area (Å²) in [4.78, 5) is 11.4. The molecule has 1 aromatic heterocycles. The lowest BCUT2D eigenvalue weighted by molar-refractivity contribution is -0.127. The third-order valence-corrected chi connectivity index (χ3v) is 2.51. The summed E-state index contributed by atoms with van der Waals surface area (Å²) < 4.78 is 0. The zero-order chi connectivity index (χ0) is 9.80. The molecule has 6 heteroatoms. The molecular weight excluding hydrogens is 182 g/mol. The van der Waals surface area contributed by atoms with Gasteiger partial charge in [-0.05, 0) is 12.8 Å². The molecule has 2 N–H and O–H groups in total. The molecule has 0 unspecified atom stereocenters. The monoisotopic (exact) mass is 195 g/mol. The number of aromatic amines is 1. The van der Waals surface area contributed by atoms with Gasteiger partial charge in [0.1, 0.15) is 0 Å². The van der Waals surface area contributed by atoms with Crippen LogP contribution in [0.25, 0.3) is 0 Å². The van der Waals surface area contributed by atoms with Crippen molar-refractivity contribution < 1.29 is 4.79 Å². The van der Waals surface area contributed by atoms with Crippen LogP contribution < -0.4 is 5.32 Å². The Balaban J connectivity index is 1.65. The molecule has 0 aliphatic heterocycles. The van der Waals surface area contributed by atoms with E-state index in [0.29, 0.717) is 18.8 Å². The molecule has 1 amide bonds. The van der Waals surface area contributed by atoms with Crippen molar-refractivity contribution in [2.45, 2.75) is 25.7 Å². The molecule has 0 saturated heterocycles. The molecule has 0 spiro atoms. The van der Waals surface area contributed by atoms with Gasteiger partial charge in [-0.3, -0.25) is 4.79 Å². The number of rotatable bonds is 4. The number of hydrogen-bond donors (Lipinski definition) is 2. The topological polar surface area (TPSA) is 83.6 Å². The highest BCUT2D eigenvalue weighted by molar-refractivity contribution is 5.79. The quantitative estimate of drug-likeness (QED) is 0.688. The summed E-state index contributed by atoms with van der Waals surface area (Å²) in [7, 11) is 0. The second-order valence-electron chi connectivity index (χ2n) is 3.50. The minimum Gasteiger partial charge on any atom is -0.355 e. The van der Waals surface area contributed by atoms with E-state index in [9.17, 15) is 4.79 Å². The van der Waals surface area contributed by atoms with Crippen molar-refractivity contribution in [3.63, 3.8) is 0 Å². The molecule has 14 heavy (non-hydrogen) atoms. The first-order valence-electron chi connectivity index (χ1n) is 4.86. The molecule has 2 rings (SSSR count). The van der Waals surface area contributed by atoms with E-state index < -0.39 is 0 Å². The van der Waals surface area contributed by atoms with Gasteiger partial charge in [0.05, 0.1) is 0 Å². The normalized spacial score (nSPS) is 16.3. The zero-order valence-electron chi connectivity index (χ0n) is 7.86. The first-order valence-corrected chi connectivity index (χ1v) is 4.86. The lowest BCUT2D eigenvalue weighted by Gasteiger charge is -2.23. The smallest absolute Gasteiger partial charge is 0.223 e. The first-order chi connectivity index (χ1) is 6.86. The molecule has 6 nitrogen and oxygen atoms in total. The number of H-pyrrole nitrogens is 1. The number of amides is 1. The number of tetrazole rings is 1. The first kappa shape index (κ1) is 9.11. The molecule has 1 aliphatic carbocycles. The number of aromatic nitrogens is 4. The Morgan fingerprint density at radius 3 is 3.00 bits per heavy atom. The molecule has 1 saturated carbocycles. The summed E-state index contributed by atoms with van der Waals surface area (Å²) in [5.41, 5.74) is 0. The van der Waals surface area contributed by atoms with Crippen molar-refractivity contribution in [3.05, 3.63) is 5.82 Å². The van der Waals surface area contributed by atoms with Crippen LogP contribution in [0.2, 0.25) is 0 Å². The van der Waals surface area contributed by atoms with E-state index in [1.165, 1.54) is 6.42 Å². The highest BCUT2D eigenvalue weighted by Crippen LogP contribution is 2.25. The number of hydrogen-bond acceptors (Lipinski definition) is 4. The summed E-state index contributed by atoms with van der Waals surface area (Å²) in [5.74, 6) is 1.05. The predicted octanol–water partition coefficient (Wildman–Crippen LogP) is -0.342. The summed E-state index contributed by atoms with van der Waals surface area (Å²) in [6, 6.07) is 0. The van der Waals surface area contributed by atoms with E-state index in [1.807, 2.05) is 0 Å². The fraction of sp³-hybridized carbons (Fsp3) is 0.750. The highest BCUT2D eigenvalue weighted by Gasteiger charge is 2.24. The Labute approximate surface area is 81.5 Å². The summed E-state index contributed by atoms with van der Waals surface area (Å²) in [6.07, 6.45) is 3.89. The molecule has 0 bridgehead atoms. The van der Waals surface area contributed by atoms with Crippen LogP contribution in [0.5, 0.6) is 0 Å². The Hall–Kier alpha value is -1.46. The lowest BCUT2D eigenvalue weighted by atomic mass is 9.85.